The molecule has 40 heavy (non-hydrogen) atoms. The van der Waals surface area contributed by atoms with Crippen LogP contribution in [-0.2, 0) is 19.1 Å². The molecular weight excluding hydrogens is 547 g/mol. The van der Waals surface area contributed by atoms with Gasteiger partial charge in [-0.25, -0.2) is 14.8 Å². The second-order valence-electron chi connectivity index (χ2n) is 8.96. The number of hydrogen-bond acceptors (Lipinski definition) is 9. The van der Waals surface area contributed by atoms with E-state index in [1.807, 2.05) is 29.3 Å². The molecule has 3 N–H and O–H groups in total. The summed E-state index contributed by atoms with van der Waals surface area (Å²) < 4.78 is 45.2. The number of aromatic nitrogens is 4. The van der Waals surface area contributed by atoms with E-state index in [9.17, 15) is 23.1 Å². The predicted molar refractivity (Wildman–Crippen MR) is 143 cm³/mol. The van der Waals surface area contributed by atoms with Crippen LogP contribution < -0.4 is 15.5 Å². The Morgan fingerprint density at radius 1 is 1.23 bits per heavy atom. The Hall–Kier alpha value is -4.30. The van der Waals surface area contributed by atoms with Crippen molar-refractivity contribution in [3.8, 4) is 21.7 Å². The molecule has 14 heteroatoms. The van der Waals surface area contributed by atoms with Crippen molar-refractivity contribution in [1.29, 1.82) is 0 Å². The quantitative estimate of drug-likeness (QED) is 0.277. The maximum Gasteiger partial charge on any atom is 0.434 e. The summed E-state index contributed by atoms with van der Waals surface area (Å²) in [6.45, 7) is 3.99. The highest BCUT2D eigenvalue weighted by Crippen LogP contribution is 2.40. The van der Waals surface area contributed by atoms with E-state index in [4.69, 9.17) is 4.52 Å². The normalized spacial score (nSPS) is 13.2. The van der Waals surface area contributed by atoms with Gasteiger partial charge in [-0.15, -0.1) is 11.3 Å². The van der Waals surface area contributed by atoms with Crippen molar-refractivity contribution in [1.82, 2.24) is 25.4 Å². The summed E-state index contributed by atoms with van der Waals surface area (Å²) >= 11 is 0.851. The van der Waals surface area contributed by atoms with Gasteiger partial charge in [-0.2, -0.15) is 18.2 Å². The van der Waals surface area contributed by atoms with Crippen molar-refractivity contribution in [2.45, 2.75) is 33.0 Å². The summed E-state index contributed by atoms with van der Waals surface area (Å²) in [6.07, 6.45) is -0.749. The van der Waals surface area contributed by atoms with E-state index in [1.165, 1.54) is 12.3 Å². The minimum atomic E-state index is -4.60. The Kier molecular flexibility index (Phi) is 7.54. The molecule has 0 fully saturated rings. The van der Waals surface area contributed by atoms with Gasteiger partial charge in [-0.3, -0.25) is 5.32 Å². The van der Waals surface area contributed by atoms with Crippen LogP contribution in [0.15, 0.2) is 52.1 Å². The molecule has 5 rings (SSSR count). The lowest BCUT2D eigenvalue weighted by Crippen LogP contribution is -2.28. The number of amides is 2. The van der Waals surface area contributed by atoms with Crippen LogP contribution in [0.3, 0.4) is 0 Å². The van der Waals surface area contributed by atoms with Crippen molar-refractivity contribution in [3.63, 3.8) is 0 Å². The molecule has 0 atom stereocenters. The average Bonchev–Trinajstić information content (AvgIpc) is 3.58. The van der Waals surface area contributed by atoms with E-state index in [-0.39, 0.29) is 24.0 Å². The standard InChI is InChI=1S/C26H24F3N7O3S/c1-3-30-25(38)34-22-8-18(24-33-21(13-40-24)26(27,28)29)19(9-31-22)16-4-5-17-6-15(12-37)10-36(20(17)7-16)11-23-32-14(2)39-35-23/h4-5,7-10,13,37H,3,6,11-12H2,1-2H3,(H2,30,31,34,38). The summed E-state index contributed by atoms with van der Waals surface area (Å²) in [5, 5.41) is 20.1. The van der Waals surface area contributed by atoms with Crippen molar-refractivity contribution < 1.29 is 27.6 Å². The number of nitrogens with zero attached hydrogens (tertiary/aromatic N) is 5. The van der Waals surface area contributed by atoms with Gasteiger partial charge in [-0.05, 0) is 42.2 Å². The lowest BCUT2D eigenvalue weighted by atomic mass is 9.94. The van der Waals surface area contributed by atoms with Gasteiger partial charge in [0, 0.05) is 48.1 Å². The fraction of sp³-hybridized carbons (Fsp3) is 0.269. The molecule has 4 heterocycles. The number of urea groups is 1. The van der Waals surface area contributed by atoms with Gasteiger partial charge in [0.25, 0.3) is 0 Å². The minimum Gasteiger partial charge on any atom is -0.392 e. The second kappa shape index (κ2) is 11.1. The molecule has 0 unspecified atom stereocenters. The Morgan fingerprint density at radius 2 is 2.05 bits per heavy atom. The zero-order chi connectivity index (χ0) is 28.4. The first-order valence-electron chi connectivity index (χ1n) is 12.2. The van der Waals surface area contributed by atoms with Crippen LogP contribution in [0.25, 0.3) is 21.7 Å². The van der Waals surface area contributed by atoms with Crippen LogP contribution in [-0.4, -0.2) is 44.4 Å². The number of aliphatic hydroxyl groups is 1. The number of halogens is 3. The molecule has 208 valence electrons. The molecule has 1 aliphatic rings. The van der Waals surface area contributed by atoms with Gasteiger partial charge in [0.05, 0.1) is 13.2 Å². The van der Waals surface area contributed by atoms with Crippen molar-refractivity contribution >= 4 is 28.9 Å². The van der Waals surface area contributed by atoms with Gasteiger partial charge < -0.3 is 19.8 Å². The molecule has 2 amide bonds. The van der Waals surface area contributed by atoms with Gasteiger partial charge in [0.15, 0.2) is 11.5 Å². The molecule has 3 aromatic heterocycles. The number of aryl methyl sites for hydroxylation is 1. The highest BCUT2D eigenvalue weighted by Gasteiger charge is 2.34. The van der Waals surface area contributed by atoms with Crippen molar-refractivity contribution in [2.75, 3.05) is 23.4 Å². The molecule has 1 aliphatic heterocycles. The number of benzene rings is 1. The first-order valence-corrected chi connectivity index (χ1v) is 13.1. The molecule has 4 aromatic rings. The third-order valence-corrected chi connectivity index (χ3v) is 6.93. The number of pyridine rings is 1. The Bertz CT molecular complexity index is 1580. The SMILES string of the molecule is CCNC(=O)Nc1cc(-c2nc(C(F)(F)F)cs2)c(-c2ccc3c(c2)N(Cc2noc(C)n2)C=C(CO)C3)cn1. The Labute approximate surface area is 230 Å². The number of fused-ring (bicyclic) bond motifs is 1. The molecule has 0 radical (unpaired) electrons. The number of nitrogens with one attached hydrogen (secondary N) is 2. The summed E-state index contributed by atoms with van der Waals surface area (Å²) in [5.74, 6) is 1.04. The number of anilines is 2. The van der Waals surface area contributed by atoms with Crippen molar-refractivity contribution in [3.05, 3.63) is 70.6 Å². The summed E-state index contributed by atoms with van der Waals surface area (Å²) in [6, 6.07) is 6.65. The Morgan fingerprint density at radius 3 is 2.73 bits per heavy atom. The smallest absolute Gasteiger partial charge is 0.392 e. The molecule has 0 saturated carbocycles. The number of carbonyl (C=O) groups is 1. The summed E-state index contributed by atoms with van der Waals surface area (Å²) in [7, 11) is 0. The predicted octanol–water partition coefficient (Wildman–Crippen LogP) is 5.16. The molecule has 0 aliphatic carbocycles. The number of alkyl halides is 3. The lowest BCUT2D eigenvalue weighted by Gasteiger charge is -2.29. The molecular formula is C26H24F3N7O3S. The van der Waals surface area contributed by atoms with Crippen LogP contribution in [0.1, 0.15) is 29.9 Å². The molecule has 1 aromatic carbocycles. The van der Waals surface area contributed by atoms with Crippen LogP contribution in [0.2, 0.25) is 0 Å². The van der Waals surface area contributed by atoms with E-state index >= 15 is 0 Å². The second-order valence-corrected chi connectivity index (χ2v) is 9.82. The monoisotopic (exact) mass is 571 g/mol. The van der Waals surface area contributed by atoms with Crippen LogP contribution in [0.5, 0.6) is 0 Å². The van der Waals surface area contributed by atoms with Crippen LogP contribution >= 0.6 is 11.3 Å². The zero-order valence-electron chi connectivity index (χ0n) is 21.4. The molecule has 0 spiro atoms. The fourth-order valence-corrected chi connectivity index (χ4v) is 5.15. The first-order chi connectivity index (χ1) is 19.1. The largest absolute Gasteiger partial charge is 0.434 e. The fourth-order valence-electron chi connectivity index (χ4n) is 4.29. The third kappa shape index (κ3) is 5.82. The maximum absolute atomic E-state index is 13.4. The van der Waals surface area contributed by atoms with E-state index in [1.54, 1.807) is 13.8 Å². The summed E-state index contributed by atoms with van der Waals surface area (Å²) in [5.41, 5.74) is 3.12. The molecule has 10 nitrogen and oxygen atoms in total. The highest BCUT2D eigenvalue weighted by atomic mass is 32.1. The maximum atomic E-state index is 13.4. The molecule has 0 saturated heterocycles. The van der Waals surface area contributed by atoms with Crippen LogP contribution in [0.4, 0.5) is 29.5 Å². The Balaban J connectivity index is 1.58. The number of aliphatic hydroxyl groups excluding tert-OH is 1. The van der Waals surface area contributed by atoms with E-state index in [0.717, 1.165) is 33.5 Å². The van der Waals surface area contributed by atoms with Crippen LogP contribution in [0, 0.1) is 6.92 Å². The average molecular weight is 572 g/mol. The minimum absolute atomic E-state index is 0.122. The van der Waals surface area contributed by atoms with E-state index in [2.05, 4.69) is 30.7 Å². The topological polar surface area (TPSA) is 129 Å². The van der Waals surface area contributed by atoms with Gasteiger partial charge in [0.2, 0.25) is 5.89 Å². The highest BCUT2D eigenvalue weighted by molar-refractivity contribution is 7.13. The number of hydrogen-bond donors (Lipinski definition) is 3. The zero-order valence-corrected chi connectivity index (χ0v) is 22.2. The molecule has 0 bridgehead atoms. The lowest BCUT2D eigenvalue weighted by molar-refractivity contribution is -0.140. The van der Waals surface area contributed by atoms with Gasteiger partial charge in [0.1, 0.15) is 10.8 Å². The van der Waals surface area contributed by atoms with E-state index < -0.39 is 17.9 Å². The number of carbonyl (C=O) groups excluding carboxylic acids is 1. The van der Waals surface area contributed by atoms with Gasteiger partial charge >= 0.3 is 12.2 Å². The van der Waals surface area contributed by atoms with Gasteiger partial charge in [-0.1, -0.05) is 17.3 Å². The van der Waals surface area contributed by atoms with E-state index in [0.29, 0.717) is 41.4 Å². The first kappa shape index (κ1) is 27.3. The van der Waals surface area contributed by atoms with Crippen molar-refractivity contribution in [2.24, 2.45) is 0 Å². The summed E-state index contributed by atoms with van der Waals surface area (Å²) in [4.78, 5) is 26.4. The number of thiazole rings is 1. The third-order valence-electron chi connectivity index (χ3n) is 6.05. The number of rotatable bonds is 7.